The molecule has 1 saturated carbocycles. The van der Waals surface area contributed by atoms with Crippen molar-refractivity contribution in [1.82, 2.24) is 5.32 Å². The molecule has 1 aromatic carbocycles. The number of amides is 1. The van der Waals surface area contributed by atoms with Crippen LogP contribution in [0.5, 0.6) is 5.75 Å². The molecule has 1 amide bonds. The third kappa shape index (κ3) is 3.47. The number of methoxy groups -OCH3 is 1. The Kier molecular flexibility index (Phi) is 4.45. The van der Waals surface area contributed by atoms with Gasteiger partial charge in [-0.3, -0.25) is 4.79 Å². The monoisotopic (exact) mass is 329 g/mol. The summed E-state index contributed by atoms with van der Waals surface area (Å²) in [6, 6.07) is 4.26. The van der Waals surface area contributed by atoms with Gasteiger partial charge in [0, 0.05) is 17.9 Å². The lowest BCUT2D eigenvalue weighted by Gasteiger charge is -2.14. The van der Waals surface area contributed by atoms with Gasteiger partial charge in [0.1, 0.15) is 11.6 Å². The molecule has 3 nitrogen and oxygen atoms in total. The van der Waals surface area contributed by atoms with E-state index in [-0.39, 0.29) is 16.9 Å². The molecule has 5 heteroatoms. The van der Waals surface area contributed by atoms with Crippen LogP contribution in [-0.4, -0.2) is 24.9 Å². The molecule has 1 fully saturated rings. The van der Waals surface area contributed by atoms with E-state index in [1.165, 1.54) is 19.2 Å². The highest BCUT2D eigenvalue weighted by Crippen LogP contribution is 2.48. The van der Waals surface area contributed by atoms with Gasteiger partial charge in [-0.05, 0) is 36.8 Å². The lowest BCUT2D eigenvalue weighted by atomic mass is 10.0. The SMILES string of the molecule is COc1ccc(C(=O)NCC2(CCBr)CC2)c(F)c1. The Balaban J connectivity index is 1.96. The zero-order valence-corrected chi connectivity index (χ0v) is 12.4. The van der Waals surface area contributed by atoms with Crippen LogP contribution in [0, 0.1) is 11.2 Å². The Morgan fingerprint density at radius 3 is 2.79 bits per heavy atom. The van der Waals surface area contributed by atoms with Gasteiger partial charge in [0.05, 0.1) is 12.7 Å². The van der Waals surface area contributed by atoms with Gasteiger partial charge in [0.25, 0.3) is 5.91 Å². The number of carbonyl (C=O) groups is 1. The maximum absolute atomic E-state index is 13.7. The molecule has 1 N–H and O–H groups in total. The Hall–Kier alpha value is -1.10. The average molecular weight is 330 g/mol. The molecule has 0 atom stereocenters. The van der Waals surface area contributed by atoms with Crippen molar-refractivity contribution in [3.05, 3.63) is 29.6 Å². The summed E-state index contributed by atoms with van der Waals surface area (Å²) in [6.07, 6.45) is 3.30. The quantitative estimate of drug-likeness (QED) is 0.814. The van der Waals surface area contributed by atoms with E-state index in [2.05, 4.69) is 21.2 Å². The maximum atomic E-state index is 13.7. The lowest BCUT2D eigenvalue weighted by Crippen LogP contribution is -2.31. The van der Waals surface area contributed by atoms with Crippen LogP contribution in [0.3, 0.4) is 0 Å². The highest BCUT2D eigenvalue weighted by molar-refractivity contribution is 9.09. The van der Waals surface area contributed by atoms with Crippen LogP contribution >= 0.6 is 15.9 Å². The van der Waals surface area contributed by atoms with E-state index in [1.54, 1.807) is 6.07 Å². The smallest absolute Gasteiger partial charge is 0.254 e. The Labute approximate surface area is 120 Å². The first-order chi connectivity index (χ1) is 9.10. The number of nitrogens with one attached hydrogen (secondary N) is 1. The van der Waals surface area contributed by atoms with Crippen LogP contribution in [0.25, 0.3) is 0 Å². The summed E-state index contributed by atoms with van der Waals surface area (Å²) in [5.74, 6) is -0.504. The van der Waals surface area contributed by atoms with Crippen molar-refractivity contribution in [3.63, 3.8) is 0 Å². The summed E-state index contributed by atoms with van der Waals surface area (Å²) in [4.78, 5) is 11.9. The average Bonchev–Trinajstić information content (AvgIpc) is 3.16. The first-order valence-electron chi connectivity index (χ1n) is 6.28. The lowest BCUT2D eigenvalue weighted by molar-refractivity contribution is 0.0940. The molecule has 1 aliphatic carbocycles. The second-order valence-electron chi connectivity index (χ2n) is 4.97. The predicted octanol–water partition coefficient (Wildman–Crippen LogP) is 3.13. The molecule has 0 radical (unpaired) electrons. The summed E-state index contributed by atoms with van der Waals surface area (Å²) in [6.45, 7) is 0.614. The number of hydrogen-bond acceptors (Lipinski definition) is 2. The van der Waals surface area contributed by atoms with Gasteiger partial charge in [-0.2, -0.15) is 0 Å². The second kappa shape index (κ2) is 5.90. The van der Waals surface area contributed by atoms with Crippen molar-refractivity contribution in [3.8, 4) is 5.75 Å². The Bertz CT molecular complexity index is 475. The number of carbonyl (C=O) groups excluding carboxylic acids is 1. The normalized spacial score (nSPS) is 15.9. The van der Waals surface area contributed by atoms with Crippen LogP contribution < -0.4 is 10.1 Å². The number of hydrogen-bond donors (Lipinski definition) is 1. The molecule has 2 rings (SSSR count). The fourth-order valence-electron chi connectivity index (χ4n) is 2.06. The maximum Gasteiger partial charge on any atom is 0.254 e. The Morgan fingerprint density at radius 1 is 1.53 bits per heavy atom. The summed E-state index contributed by atoms with van der Waals surface area (Å²) in [5, 5.41) is 3.75. The zero-order chi connectivity index (χ0) is 13.9. The van der Waals surface area contributed by atoms with E-state index in [1.807, 2.05) is 0 Å². The van der Waals surface area contributed by atoms with Gasteiger partial charge < -0.3 is 10.1 Å². The molecule has 0 spiro atoms. The van der Waals surface area contributed by atoms with E-state index in [4.69, 9.17) is 4.74 Å². The number of halogens is 2. The highest BCUT2D eigenvalue weighted by Gasteiger charge is 2.41. The largest absolute Gasteiger partial charge is 0.497 e. The molecule has 0 unspecified atom stereocenters. The molecule has 0 saturated heterocycles. The molecule has 0 aromatic heterocycles. The van der Waals surface area contributed by atoms with Crippen molar-refractivity contribution >= 4 is 21.8 Å². The van der Waals surface area contributed by atoms with E-state index >= 15 is 0 Å². The van der Waals surface area contributed by atoms with E-state index < -0.39 is 5.82 Å². The molecule has 104 valence electrons. The minimum atomic E-state index is -0.554. The fraction of sp³-hybridized carbons (Fsp3) is 0.500. The van der Waals surface area contributed by atoms with E-state index in [9.17, 15) is 9.18 Å². The van der Waals surface area contributed by atoms with Crippen molar-refractivity contribution in [2.24, 2.45) is 5.41 Å². The second-order valence-corrected chi connectivity index (χ2v) is 5.76. The molecule has 0 heterocycles. The van der Waals surface area contributed by atoms with Gasteiger partial charge in [-0.25, -0.2) is 4.39 Å². The van der Waals surface area contributed by atoms with E-state index in [0.717, 1.165) is 24.6 Å². The number of rotatable bonds is 6. The van der Waals surface area contributed by atoms with Gasteiger partial charge in [-0.1, -0.05) is 15.9 Å². The van der Waals surface area contributed by atoms with E-state index in [0.29, 0.717) is 12.3 Å². The summed E-state index contributed by atoms with van der Waals surface area (Å²) in [7, 11) is 1.46. The third-order valence-electron chi connectivity index (χ3n) is 3.63. The minimum absolute atomic E-state index is 0.0652. The topological polar surface area (TPSA) is 38.3 Å². The molecule has 1 aromatic rings. The van der Waals surface area contributed by atoms with Crippen molar-refractivity contribution in [2.75, 3.05) is 19.0 Å². The summed E-state index contributed by atoms with van der Waals surface area (Å²) < 4.78 is 18.6. The fourth-order valence-corrected chi connectivity index (χ4v) is 2.90. The zero-order valence-electron chi connectivity index (χ0n) is 10.8. The van der Waals surface area contributed by atoms with Gasteiger partial charge in [0.2, 0.25) is 0 Å². The first-order valence-corrected chi connectivity index (χ1v) is 7.40. The third-order valence-corrected chi connectivity index (χ3v) is 4.02. The predicted molar refractivity (Wildman–Crippen MR) is 75.4 cm³/mol. The van der Waals surface area contributed by atoms with Crippen LogP contribution in [0.15, 0.2) is 18.2 Å². The number of ether oxygens (including phenoxy) is 1. The molecular weight excluding hydrogens is 313 g/mol. The minimum Gasteiger partial charge on any atom is -0.497 e. The van der Waals surface area contributed by atoms with Crippen LogP contribution in [-0.2, 0) is 0 Å². The van der Waals surface area contributed by atoms with Crippen LogP contribution in [0.2, 0.25) is 0 Å². The van der Waals surface area contributed by atoms with Crippen molar-refractivity contribution in [2.45, 2.75) is 19.3 Å². The molecule has 19 heavy (non-hydrogen) atoms. The van der Waals surface area contributed by atoms with Crippen molar-refractivity contribution in [1.29, 1.82) is 0 Å². The van der Waals surface area contributed by atoms with Gasteiger partial charge in [-0.15, -0.1) is 0 Å². The molecule has 0 bridgehead atoms. The summed E-state index contributed by atoms with van der Waals surface area (Å²) in [5.41, 5.74) is 0.290. The van der Waals surface area contributed by atoms with Gasteiger partial charge in [0.15, 0.2) is 0 Å². The number of benzene rings is 1. The Morgan fingerprint density at radius 2 is 2.26 bits per heavy atom. The molecular formula is C14H17BrFNO2. The van der Waals surface area contributed by atoms with Crippen molar-refractivity contribution < 1.29 is 13.9 Å². The number of alkyl halides is 1. The van der Waals surface area contributed by atoms with Crippen LogP contribution in [0.4, 0.5) is 4.39 Å². The first kappa shape index (κ1) is 14.3. The standard InChI is InChI=1S/C14H17BrFNO2/c1-19-10-2-3-11(12(16)8-10)13(18)17-9-14(4-5-14)6-7-15/h2-3,8H,4-7,9H2,1H3,(H,17,18). The van der Waals surface area contributed by atoms with Gasteiger partial charge >= 0.3 is 0 Å². The highest BCUT2D eigenvalue weighted by atomic mass is 79.9. The van der Waals surface area contributed by atoms with Crippen LogP contribution in [0.1, 0.15) is 29.6 Å². The summed E-state index contributed by atoms with van der Waals surface area (Å²) >= 11 is 3.42. The molecule has 0 aliphatic heterocycles. The molecule has 1 aliphatic rings.